The first-order chi connectivity index (χ1) is 14.4. The summed E-state index contributed by atoms with van der Waals surface area (Å²) in [5.74, 6) is -0.348. The average Bonchev–Trinajstić information content (AvgIpc) is 3.09. The van der Waals surface area contributed by atoms with Gasteiger partial charge in [-0.3, -0.25) is 14.4 Å². The molecule has 1 aliphatic rings. The van der Waals surface area contributed by atoms with Crippen molar-refractivity contribution in [2.45, 2.75) is 38.8 Å². The van der Waals surface area contributed by atoms with Crippen molar-refractivity contribution in [1.29, 1.82) is 0 Å². The SMILES string of the molecule is Cc1cc(C(F)(F)F)nn1C(C)C(=O)N1CCN(Cc2cccc(C(F)(F)F)c2)CC1. The molecule has 2 heterocycles. The van der Waals surface area contributed by atoms with E-state index in [4.69, 9.17) is 0 Å². The highest BCUT2D eigenvalue weighted by atomic mass is 19.4. The summed E-state index contributed by atoms with van der Waals surface area (Å²) < 4.78 is 78.3. The zero-order chi connectivity index (χ0) is 23.0. The monoisotopic (exact) mass is 448 g/mol. The van der Waals surface area contributed by atoms with Gasteiger partial charge in [0.2, 0.25) is 5.91 Å². The van der Waals surface area contributed by atoms with Crippen molar-refractivity contribution in [2.75, 3.05) is 26.2 Å². The first-order valence-corrected chi connectivity index (χ1v) is 9.67. The minimum atomic E-state index is -4.59. The molecule has 1 fully saturated rings. The van der Waals surface area contributed by atoms with Gasteiger partial charge in [-0.25, -0.2) is 0 Å². The second kappa shape index (κ2) is 8.52. The number of rotatable bonds is 4. The van der Waals surface area contributed by atoms with Crippen LogP contribution in [0.5, 0.6) is 0 Å². The summed E-state index contributed by atoms with van der Waals surface area (Å²) in [5.41, 5.74) is -0.998. The van der Waals surface area contributed by atoms with Crippen molar-refractivity contribution in [3.63, 3.8) is 0 Å². The topological polar surface area (TPSA) is 41.4 Å². The summed E-state index contributed by atoms with van der Waals surface area (Å²) in [6.45, 7) is 4.82. The summed E-state index contributed by atoms with van der Waals surface area (Å²) in [6.07, 6.45) is -9.00. The molecule has 1 unspecified atom stereocenters. The third kappa shape index (κ3) is 5.38. The standard InChI is InChI=1S/C20H22F6N4O/c1-13-10-17(20(24,25)26)27-30(13)14(2)18(31)29-8-6-28(7-9-29)12-15-4-3-5-16(11-15)19(21,22)23/h3-5,10-11,14H,6-9,12H2,1-2H3. The molecular formula is C20H22F6N4O. The molecular weight excluding hydrogens is 426 g/mol. The van der Waals surface area contributed by atoms with Crippen molar-refractivity contribution in [3.05, 3.63) is 52.8 Å². The molecule has 0 saturated carbocycles. The molecule has 31 heavy (non-hydrogen) atoms. The van der Waals surface area contributed by atoms with Crippen LogP contribution in [0.15, 0.2) is 30.3 Å². The maximum atomic E-state index is 12.9. The van der Waals surface area contributed by atoms with Crippen molar-refractivity contribution in [1.82, 2.24) is 19.6 Å². The lowest BCUT2D eigenvalue weighted by Crippen LogP contribution is -2.50. The Hall–Kier alpha value is -2.56. The van der Waals surface area contributed by atoms with E-state index in [0.29, 0.717) is 38.3 Å². The predicted octanol–water partition coefficient (Wildman–Crippen LogP) is 4.13. The molecule has 0 N–H and O–H groups in total. The van der Waals surface area contributed by atoms with Crippen molar-refractivity contribution in [2.24, 2.45) is 0 Å². The number of aryl methyl sites for hydroxylation is 1. The van der Waals surface area contributed by atoms with E-state index < -0.39 is 29.7 Å². The number of piperazine rings is 1. The van der Waals surface area contributed by atoms with Crippen molar-refractivity contribution in [3.8, 4) is 0 Å². The van der Waals surface area contributed by atoms with E-state index >= 15 is 0 Å². The van der Waals surface area contributed by atoms with E-state index in [0.717, 1.165) is 22.9 Å². The number of aromatic nitrogens is 2. The molecule has 0 bridgehead atoms. The third-order valence-electron chi connectivity index (χ3n) is 5.28. The van der Waals surface area contributed by atoms with Crippen LogP contribution in [0.25, 0.3) is 0 Å². The van der Waals surface area contributed by atoms with Gasteiger partial charge in [0.15, 0.2) is 5.69 Å². The van der Waals surface area contributed by atoms with Gasteiger partial charge < -0.3 is 4.90 Å². The molecule has 5 nitrogen and oxygen atoms in total. The Bertz CT molecular complexity index is 928. The fourth-order valence-electron chi connectivity index (χ4n) is 3.62. The number of benzene rings is 1. The Kier molecular flexibility index (Phi) is 6.35. The molecule has 2 aromatic rings. The van der Waals surface area contributed by atoms with Gasteiger partial charge in [-0.05, 0) is 31.5 Å². The summed E-state index contributed by atoms with van der Waals surface area (Å²) in [5, 5.41) is 3.54. The van der Waals surface area contributed by atoms with Gasteiger partial charge in [-0.1, -0.05) is 18.2 Å². The lowest BCUT2D eigenvalue weighted by atomic mass is 10.1. The average molecular weight is 448 g/mol. The van der Waals surface area contributed by atoms with Crippen LogP contribution >= 0.6 is 0 Å². The van der Waals surface area contributed by atoms with E-state index in [1.54, 1.807) is 11.0 Å². The van der Waals surface area contributed by atoms with Crippen molar-refractivity contribution < 1.29 is 31.1 Å². The first kappa shape index (κ1) is 23.1. The molecule has 11 heteroatoms. The lowest BCUT2D eigenvalue weighted by molar-refractivity contribution is -0.143. The zero-order valence-electron chi connectivity index (χ0n) is 17.0. The smallest absolute Gasteiger partial charge is 0.338 e. The van der Waals surface area contributed by atoms with Gasteiger partial charge in [0, 0.05) is 38.4 Å². The quantitative estimate of drug-likeness (QED) is 0.661. The van der Waals surface area contributed by atoms with E-state index in [1.165, 1.54) is 19.9 Å². The summed E-state index contributed by atoms with van der Waals surface area (Å²) in [4.78, 5) is 16.2. The molecule has 3 rings (SSSR count). The Morgan fingerprint density at radius 1 is 1.03 bits per heavy atom. The maximum Gasteiger partial charge on any atom is 0.435 e. The molecule has 1 amide bonds. The van der Waals surface area contributed by atoms with Crippen LogP contribution in [0, 0.1) is 6.92 Å². The molecule has 1 saturated heterocycles. The normalized spacial score (nSPS) is 17.1. The van der Waals surface area contributed by atoms with Gasteiger partial charge in [-0.2, -0.15) is 31.4 Å². The highest BCUT2D eigenvalue weighted by Gasteiger charge is 2.36. The molecule has 1 aromatic heterocycles. The Morgan fingerprint density at radius 3 is 2.23 bits per heavy atom. The fourth-order valence-corrected chi connectivity index (χ4v) is 3.62. The van der Waals surface area contributed by atoms with Crippen molar-refractivity contribution >= 4 is 5.91 Å². The van der Waals surface area contributed by atoms with Gasteiger partial charge >= 0.3 is 12.4 Å². The zero-order valence-corrected chi connectivity index (χ0v) is 17.0. The second-order valence-corrected chi connectivity index (χ2v) is 7.59. The van der Waals surface area contributed by atoms with Crippen LogP contribution in [0.4, 0.5) is 26.3 Å². The number of carbonyl (C=O) groups is 1. The Labute approximate surface area is 175 Å². The molecule has 0 spiro atoms. The van der Waals surface area contributed by atoms with Gasteiger partial charge in [-0.15, -0.1) is 0 Å². The number of hydrogen-bond acceptors (Lipinski definition) is 3. The summed E-state index contributed by atoms with van der Waals surface area (Å²) in [7, 11) is 0. The van der Waals surface area contributed by atoms with E-state index in [9.17, 15) is 31.1 Å². The van der Waals surface area contributed by atoms with E-state index in [-0.39, 0.29) is 11.6 Å². The largest absolute Gasteiger partial charge is 0.435 e. The van der Waals surface area contributed by atoms with Gasteiger partial charge in [0.25, 0.3) is 0 Å². The fraction of sp³-hybridized carbons (Fsp3) is 0.500. The van der Waals surface area contributed by atoms with Crippen LogP contribution < -0.4 is 0 Å². The number of hydrogen-bond donors (Lipinski definition) is 0. The van der Waals surface area contributed by atoms with Crippen LogP contribution in [0.2, 0.25) is 0 Å². The molecule has 1 aromatic carbocycles. The minimum absolute atomic E-state index is 0.233. The number of amides is 1. The third-order valence-corrected chi connectivity index (χ3v) is 5.28. The minimum Gasteiger partial charge on any atom is -0.338 e. The van der Waals surface area contributed by atoms with Gasteiger partial charge in [0.1, 0.15) is 6.04 Å². The van der Waals surface area contributed by atoms with Gasteiger partial charge in [0.05, 0.1) is 5.56 Å². The molecule has 1 aliphatic heterocycles. The molecule has 0 aliphatic carbocycles. The lowest BCUT2D eigenvalue weighted by Gasteiger charge is -2.36. The summed E-state index contributed by atoms with van der Waals surface area (Å²) >= 11 is 0. The van der Waals surface area contributed by atoms with Crippen LogP contribution in [-0.2, 0) is 23.7 Å². The highest BCUT2D eigenvalue weighted by molar-refractivity contribution is 5.80. The Morgan fingerprint density at radius 2 is 1.68 bits per heavy atom. The predicted molar refractivity (Wildman–Crippen MR) is 100.0 cm³/mol. The molecule has 1 atom stereocenters. The highest BCUT2D eigenvalue weighted by Crippen LogP contribution is 2.31. The van der Waals surface area contributed by atoms with Crippen LogP contribution in [0.3, 0.4) is 0 Å². The maximum absolute atomic E-state index is 12.9. The number of halogens is 6. The number of alkyl halides is 6. The van der Waals surface area contributed by atoms with E-state index in [1.807, 2.05) is 4.90 Å². The summed E-state index contributed by atoms with van der Waals surface area (Å²) in [6, 6.07) is 5.11. The first-order valence-electron chi connectivity index (χ1n) is 9.67. The van der Waals surface area contributed by atoms with E-state index in [2.05, 4.69) is 5.10 Å². The number of nitrogens with zero attached hydrogens (tertiary/aromatic N) is 4. The second-order valence-electron chi connectivity index (χ2n) is 7.59. The van der Waals surface area contributed by atoms with Crippen LogP contribution in [0.1, 0.15) is 35.5 Å². The number of carbonyl (C=O) groups excluding carboxylic acids is 1. The van der Waals surface area contributed by atoms with Crippen LogP contribution in [-0.4, -0.2) is 51.7 Å². The molecule has 170 valence electrons. The molecule has 0 radical (unpaired) electrons. The Balaban J connectivity index is 1.60.